The monoisotopic (exact) mass is 246 g/mol. The Morgan fingerprint density at radius 2 is 1.72 bits per heavy atom. The van der Waals surface area contributed by atoms with Crippen molar-refractivity contribution < 1.29 is 4.84 Å². The topological polar surface area (TPSA) is 15.7 Å². The summed E-state index contributed by atoms with van der Waals surface area (Å²) in [5.74, 6) is 0.730. The lowest BCUT2D eigenvalue weighted by Crippen LogP contribution is -2.48. The first-order valence-electron chi connectivity index (χ1n) is 6.58. The standard InChI is InChI=1S/C15H22N2O/c1-13(2)16-9-11-17(12-10-16)18-14(3)15-7-5-4-6-8-15/h4-8,13H,3,9-12H2,1-2H3. The quantitative estimate of drug-likeness (QED) is 0.760. The molecule has 0 bridgehead atoms. The van der Waals surface area contributed by atoms with Gasteiger partial charge in [-0.15, -0.1) is 5.06 Å². The summed E-state index contributed by atoms with van der Waals surface area (Å²) in [6.45, 7) is 12.4. The number of benzene rings is 1. The van der Waals surface area contributed by atoms with E-state index in [-0.39, 0.29) is 0 Å². The van der Waals surface area contributed by atoms with Gasteiger partial charge in [-0.2, -0.15) is 0 Å². The maximum atomic E-state index is 5.82. The number of rotatable bonds is 4. The lowest BCUT2D eigenvalue weighted by Gasteiger charge is -2.36. The summed E-state index contributed by atoms with van der Waals surface area (Å²) in [5, 5.41) is 2.01. The lowest BCUT2D eigenvalue weighted by molar-refractivity contribution is -0.116. The zero-order valence-electron chi connectivity index (χ0n) is 11.3. The Kier molecular flexibility index (Phi) is 4.39. The third-order valence-corrected chi connectivity index (χ3v) is 3.34. The van der Waals surface area contributed by atoms with Crippen LogP contribution in [0, 0.1) is 0 Å². The van der Waals surface area contributed by atoms with Crippen LogP contribution in [0.3, 0.4) is 0 Å². The van der Waals surface area contributed by atoms with E-state index >= 15 is 0 Å². The van der Waals surface area contributed by atoms with Crippen LogP contribution in [-0.2, 0) is 4.84 Å². The molecule has 1 fully saturated rings. The van der Waals surface area contributed by atoms with Gasteiger partial charge in [0.05, 0.1) is 0 Å². The average Bonchev–Trinajstić information content (AvgIpc) is 2.40. The third kappa shape index (κ3) is 3.34. The van der Waals surface area contributed by atoms with E-state index in [0.717, 1.165) is 37.5 Å². The Morgan fingerprint density at radius 1 is 1.11 bits per heavy atom. The Morgan fingerprint density at radius 3 is 2.28 bits per heavy atom. The molecule has 1 aromatic carbocycles. The molecule has 1 saturated heterocycles. The highest BCUT2D eigenvalue weighted by atomic mass is 16.7. The molecule has 0 unspecified atom stereocenters. The zero-order chi connectivity index (χ0) is 13.0. The number of hydroxylamine groups is 2. The van der Waals surface area contributed by atoms with Crippen molar-refractivity contribution in [1.29, 1.82) is 0 Å². The van der Waals surface area contributed by atoms with Crippen molar-refractivity contribution in [2.45, 2.75) is 19.9 Å². The molecule has 0 aromatic heterocycles. The number of piperazine rings is 1. The van der Waals surface area contributed by atoms with Crippen LogP contribution in [0.4, 0.5) is 0 Å². The van der Waals surface area contributed by atoms with E-state index in [9.17, 15) is 0 Å². The number of hydrogen-bond donors (Lipinski definition) is 0. The highest BCUT2D eigenvalue weighted by molar-refractivity contribution is 5.56. The zero-order valence-corrected chi connectivity index (χ0v) is 11.3. The first-order chi connectivity index (χ1) is 8.66. The van der Waals surface area contributed by atoms with Gasteiger partial charge in [0, 0.05) is 37.8 Å². The Labute approximate surface area is 110 Å². The van der Waals surface area contributed by atoms with Gasteiger partial charge in [0.2, 0.25) is 0 Å². The molecule has 0 N–H and O–H groups in total. The van der Waals surface area contributed by atoms with Gasteiger partial charge in [-0.05, 0) is 13.8 Å². The van der Waals surface area contributed by atoms with Crippen molar-refractivity contribution in [2.75, 3.05) is 26.2 Å². The van der Waals surface area contributed by atoms with Gasteiger partial charge in [-0.25, -0.2) is 0 Å². The Bertz CT molecular complexity index is 381. The van der Waals surface area contributed by atoms with Crippen molar-refractivity contribution in [3.8, 4) is 0 Å². The molecule has 18 heavy (non-hydrogen) atoms. The number of hydrogen-bond acceptors (Lipinski definition) is 3. The summed E-state index contributed by atoms with van der Waals surface area (Å²) in [4.78, 5) is 8.28. The summed E-state index contributed by atoms with van der Waals surface area (Å²) in [6, 6.07) is 10.7. The summed E-state index contributed by atoms with van der Waals surface area (Å²) in [6.07, 6.45) is 0. The second-order valence-electron chi connectivity index (χ2n) is 4.94. The Balaban J connectivity index is 1.83. The predicted octanol–water partition coefficient (Wildman–Crippen LogP) is 2.61. The minimum Gasteiger partial charge on any atom is -0.406 e. The van der Waals surface area contributed by atoms with Crippen LogP contribution in [0.25, 0.3) is 5.76 Å². The molecule has 1 aliphatic rings. The van der Waals surface area contributed by atoms with Gasteiger partial charge in [-0.3, -0.25) is 4.90 Å². The molecule has 98 valence electrons. The van der Waals surface area contributed by atoms with Gasteiger partial charge in [0.15, 0.2) is 0 Å². The van der Waals surface area contributed by atoms with Gasteiger partial charge >= 0.3 is 0 Å². The van der Waals surface area contributed by atoms with Crippen molar-refractivity contribution in [3.63, 3.8) is 0 Å². The smallest absolute Gasteiger partial charge is 0.147 e. The number of nitrogens with zero attached hydrogens (tertiary/aromatic N) is 2. The van der Waals surface area contributed by atoms with Gasteiger partial charge in [-0.1, -0.05) is 36.9 Å². The molecule has 0 aliphatic carbocycles. The molecule has 3 heteroatoms. The van der Waals surface area contributed by atoms with E-state index in [1.165, 1.54) is 0 Å². The molecule has 0 radical (unpaired) electrons. The highest BCUT2D eigenvalue weighted by Gasteiger charge is 2.20. The van der Waals surface area contributed by atoms with E-state index in [1.807, 2.05) is 35.4 Å². The van der Waals surface area contributed by atoms with E-state index < -0.39 is 0 Å². The van der Waals surface area contributed by atoms with E-state index in [1.54, 1.807) is 0 Å². The van der Waals surface area contributed by atoms with Crippen LogP contribution in [0.5, 0.6) is 0 Å². The minimum absolute atomic E-state index is 0.615. The average molecular weight is 246 g/mol. The summed E-state index contributed by atoms with van der Waals surface area (Å²) in [7, 11) is 0. The van der Waals surface area contributed by atoms with E-state index in [0.29, 0.717) is 6.04 Å². The molecule has 0 spiro atoms. The van der Waals surface area contributed by atoms with Gasteiger partial charge in [0.25, 0.3) is 0 Å². The molecule has 0 saturated carbocycles. The van der Waals surface area contributed by atoms with E-state index in [4.69, 9.17) is 4.84 Å². The molecular weight excluding hydrogens is 224 g/mol. The SMILES string of the molecule is C=C(ON1CCN(C(C)C)CC1)c1ccccc1. The second-order valence-corrected chi connectivity index (χ2v) is 4.94. The Hall–Kier alpha value is -1.32. The highest BCUT2D eigenvalue weighted by Crippen LogP contribution is 2.16. The largest absolute Gasteiger partial charge is 0.406 e. The van der Waals surface area contributed by atoms with E-state index in [2.05, 4.69) is 25.3 Å². The maximum Gasteiger partial charge on any atom is 0.147 e. The molecule has 0 amide bonds. The van der Waals surface area contributed by atoms with Crippen molar-refractivity contribution in [2.24, 2.45) is 0 Å². The summed E-state index contributed by atoms with van der Waals surface area (Å²) in [5.41, 5.74) is 1.05. The van der Waals surface area contributed by atoms with Crippen LogP contribution in [0.2, 0.25) is 0 Å². The lowest BCUT2D eigenvalue weighted by atomic mass is 10.2. The molecule has 1 aromatic rings. The van der Waals surface area contributed by atoms with Crippen LogP contribution >= 0.6 is 0 Å². The van der Waals surface area contributed by atoms with Crippen LogP contribution in [0.1, 0.15) is 19.4 Å². The molecular formula is C15H22N2O. The fourth-order valence-corrected chi connectivity index (χ4v) is 2.14. The fourth-order valence-electron chi connectivity index (χ4n) is 2.14. The minimum atomic E-state index is 0.615. The molecule has 0 atom stereocenters. The van der Waals surface area contributed by atoms with Crippen molar-refractivity contribution in [3.05, 3.63) is 42.5 Å². The summed E-state index contributed by atoms with van der Waals surface area (Å²) >= 11 is 0. The van der Waals surface area contributed by atoms with Crippen LogP contribution < -0.4 is 0 Å². The van der Waals surface area contributed by atoms with Gasteiger partial charge < -0.3 is 4.84 Å². The third-order valence-electron chi connectivity index (χ3n) is 3.34. The first-order valence-corrected chi connectivity index (χ1v) is 6.58. The second kappa shape index (κ2) is 6.03. The van der Waals surface area contributed by atoms with Crippen molar-refractivity contribution >= 4 is 5.76 Å². The van der Waals surface area contributed by atoms with Crippen molar-refractivity contribution in [1.82, 2.24) is 9.96 Å². The maximum absolute atomic E-state index is 5.82. The predicted molar refractivity (Wildman–Crippen MR) is 74.8 cm³/mol. The van der Waals surface area contributed by atoms with Crippen LogP contribution in [0.15, 0.2) is 36.9 Å². The van der Waals surface area contributed by atoms with Crippen LogP contribution in [-0.4, -0.2) is 42.2 Å². The summed E-state index contributed by atoms with van der Waals surface area (Å²) < 4.78 is 0. The first kappa shape index (κ1) is 13.1. The fraction of sp³-hybridized carbons (Fsp3) is 0.467. The normalized spacial score (nSPS) is 17.9. The molecule has 1 heterocycles. The molecule has 1 aliphatic heterocycles. The molecule has 3 nitrogen and oxygen atoms in total. The molecule has 2 rings (SSSR count). The van der Waals surface area contributed by atoms with Gasteiger partial charge in [0.1, 0.15) is 5.76 Å².